The summed E-state index contributed by atoms with van der Waals surface area (Å²) >= 11 is -2.61. The van der Waals surface area contributed by atoms with Crippen LogP contribution in [0.1, 0.15) is 12.8 Å². The molecule has 1 unspecified atom stereocenters. The molecule has 1 atom stereocenters. The van der Waals surface area contributed by atoms with Gasteiger partial charge >= 0.3 is 18.4 Å². The highest BCUT2D eigenvalue weighted by Crippen LogP contribution is 2.36. The van der Waals surface area contributed by atoms with Crippen molar-refractivity contribution in [2.45, 2.75) is 31.3 Å². The Hall–Kier alpha value is -2.09. The van der Waals surface area contributed by atoms with Gasteiger partial charge in [-0.05, 0) is 30.9 Å². The largest absolute Gasteiger partial charge is 0.755 e. The molecular weight excluding hydrogens is 432 g/mol. The highest BCUT2D eigenvalue weighted by Gasteiger charge is 2.60. The van der Waals surface area contributed by atoms with Gasteiger partial charge in [-0.3, -0.25) is 9.19 Å². The molecule has 1 fully saturated rings. The maximum atomic E-state index is 12.5. The highest BCUT2D eigenvalue weighted by molar-refractivity contribution is 7.80. The molecule has 0 aliphatic carbocycles. The second-order valence-corrected chi connectivity index (χ2v) is 7.14. The summed E-state index contributed by atoms with van der Waals surface area (Å²) in [4.78, 5) is 16.3. The third kappa shape index (κ3) is 6.45. The van der Waals surface area contributed by atoms with Crippen LogP contribution in [0.2, 0.25) is 0 Å². The Morgan fingerprint density at radius 3 is 2.31 bits per heavy atom. The quantitative estimate of drug-likeness (QED) is 0.511. The molecule has 0 aromatic carbocycles. The second kappa shape index (κ2) is 9.15. The normalized spacial score (nSPS) is 17.3. The summed E-state index contributed by atoms with van der Waals surface area (Å²) in [5.74, 6) is -0.266. The number of ether oxygens (including phenoxy) is 1. The van der Waals surface area contributed by atoms with E-state index in [1.807, 2.05) is 0 Å². The number of anilines is 1. The fourth-order valence-electron chi connectivity index (χ4n) is 2.78. The van der Waals surface area contributed by atoms with E-state index in [2.05, 4.69) is 9.72 Å². The van der Waals surface area contributed by atoms with Crippen LogP contribution < -0.4 is 4.31 Å². The van der Waals surface area contributed by atoms with Crippen molar-refractivity contribution in [2.75, 3.05) is 23.9 Å². The minimum atomic E-state index is -5.78. The van der Waals surface area contributed by atoms with Crippen LogP contribution in [0.15, 0.2) is 24.5 Å². The van der Waals surface area contributed by atoms with Gasteiger partial charge in [0.25, 0.3) is 6.10 Å². The van der Waals surface area contributed by atoms with Gasteiger partial charge in [-0.15, -0.1) is 0 Å². The second-order valence-electron chi connectivity index (χ2n) is 6.27. The van der Waals surface area contributed by atoms with Crippen LogP contribution in [0.3, 0.4) is 0 Å². The Kier molecular flexibility index (Phi) is 7.32. The molecule has 7 nitrogen and oxygen atoms in total. The number of pyridine rings is 1. The van der Waals surface area contributed by atoms with Gasteiger partial charge in [0.2, 0.25) is 0 Å². The molecule has 0 saturated carbocycles. The highest BCUT2D eigenvalue weighted by atomic mass is 32.2. The minimum Gasteiger partial charge on any atom is -0.755 e. The SMILES string of the molecule is O=C(OC(C(F)(F)F)C(F)(F)F)N1CCC(CN(c2cccnc2)S(=O)[O-])CC1. The number of halogens is 6. The summed E-state index contributed by atoms with van der Waals surface area (Å²) in [6, 6.07) is 3.05. The number of hydrogen-bond acceptors (Lipinski definition) is 5. The van der Waals surface area contributed by atoms with Crippen molar-refractivity contribution in [2.24, 2.45) is 5.92 Å². The lowest BCUT2D eigenvalue weighted by Gasteiger charge is -2.36. The molecule has 1 aliphatic rings. The predicted octanol–water partition coefficient (Wildman–Crippen LogP) is 3.02. The summed E-state index contributed by atoms with van der Waals surface area (Å²) in [6.45, 7) is -0.310. The minimum absolute atomic E-state index is 0.0262. The van der Waals surface area contributed by atoms with E-state index in [-0.39, 0.29) is 38.4 Å². The lowest BCUT2D eigenvalue weighted by molar-refractivity contribution is -0.308. The van der Waals surface area contributed by atoms with Gasteiger partial charge in [-0.2, -0.15) is 26.3 Å². The first-order valence-electron chi connectivity index (χ1n) is 8.25. The van der Waals surface area contributed by atoms with Crippen molar-refractivity contribution in [3.63, 3.8) is 0 Å². The lowest BCUT2D eigenvalue weighted by atomic mass is 9.97. The number of rotatable bonds is 5. The van der Waals surface area contributed by atoms with Gasteiger partial charge in [0.05, 0.1) is 11.9 Å². The van der Waals surface area contributed by atoms with Gasteiger partial charge in [-0.1, -0.05) is 0 Å². The van der Waals surface area contributed by atoms with E-state index in [4.69, 9.17) is 0 Å². The third-order valence-electron chi connectivity index (χ3n) is 4.22. The van der Waals surface area contributed by atoms with E-state index in [9.17, 15) is 39.9 Å². The van der Waals surface area contributed by atoms with Crippen molar-refractivity contribution in [1.82, 2.24) is 9.88 Å². The first-order valence-corrected chi connectivity index (χ1v) is 9.28. The van der Waals surface area contributed by atoms with Crippen LogP contribution in [0.25, 0.3) is 0 Å². The molecule has 1 aromatic heterocycles. The zero-order valence-electron chi connectivity index (χ0n) is 14.7. The lowest BCUT2D eigenvalue weighted by Crippen LogP contribution is -2.49. The summed E-state index contributed by atoms with van der Waals surface area (Å²) in [5.41, 5.74) is 0.306. The molecule has 2 heterocycles. The summed E-state index contributed by atoms with van der Waals surface area (Å²) in [6.07, 6.45) is -14.4. The Labute approximate surface area is 164 Å². The molecule has 0 spiro atoms. The number of carbonyl (C=O) groups excluding carboxylic acids is 1. The van der Waals surface area contributed by atoms with Crippen molar-refractivity contribution >= 4 is 23.0 Å². The van der Waals surface area contributed by atoms with E-state index in [1.54, 1.807) is 0 Å². The first-order chi connectivity index (χ1) is 13.4. The van der Waals surface area contributed by atoms with E-state index in [1.165, 1.54) is 24.5 Å². The van der Waals surface area contributed by atoms with Crippen LogP contribution in [-0.2, 0) is 16.0 Å². The van der Waals surface area contributed by atoms with Gasteiger partial charge < -0.3 is 18.5 Å². The van der Waals surface area contributed by atoms with Crippen molar-refractivity contribution in [3.8, 4) is 0 Å². The van der Waals surface area contributed by atoms with E-state index in [0.29, 0.717) is 5.69 Å². The Bertz CT molecular complexity index is 696. The average Bonchev–Trinajstić information content (AvgIpc) is 2.63. The van der Waals surface area contributed by atoms with Gasteiger partial charge in [0.1, 0.15) is 0 Å². The number of piperidine rings is 1. The van der Waals surface area contributed by atoms with E-state index >= 15 is 0 Å². The number of aromatic nitrogens is 1. The Morgan fingerprint density at radius 1 is 1.28 bits per heavy atom. The Morgan fingerprint density at radius 2 is 1.86 bits per heavy atom. The predicted molar refractivity (Wildman–Crippen MR) is 87.2 cm³/mol. The smallest absolute Gasteiger partial charge is 0.434 e. The standard InChI is InChI=1S/C15H17F6N3O4S/c16-14(17,18)12(15(19,20)21)28-13(25)23-6-3-10(4-7-23)9-24(29(26)27)11-2-1-5-22-8-11/h1-2,5,8,10,12H,3-4,6-7,9H2,(H,26,27)/p-1. The van der Waals surface area contributed by atoms with Gasteiger partial charge in [-0.25, -0.2) is 4.79 Å². The van der Waals surface area contributed by atoms with Crippen LogP contribution in [0, 0.1) is 5.92 Å². The number of carbonyl (C=O) groups is 1. The third-order valence-corrected chi connectivity index (χ3v) is 4.94. The summed E-state index contributed by atoms with van der Waals surface area (Å²) in [5, 5.41) is 0. The number of hydrogen-bond donors (Lipinski definition) is 0. The molecule has 14 heteroatoms. The summed E-state index contributed by atoms with van der Waals surface area (Å²) < 4.78 is 103. The summed E-state index contributed by atoms with van der Waals surface area (Å²) in [7, 11) is 0. The topological polar surface area (TPSA) is 85.8 Å². The fourth-order valence-corrected chi connectivity index (χ4v) is 3.39. The average molecular weight is 448 g/mol. The molecule has 0 N–H and O–H groups in total. The maximum absolute atomic E-state index is 12.5. The first kappa shape index (κ1) is 23.2. The molecule has 1 aromatic rings. The van der Waals surface area contributed by atoms with Crippen molar-refractivity contribution in [1.29, 1.82) is 0 Å². The van der Waals surface area contributed by atoms with Crippen LogP contribution >= 0.6 is 0 Å². The monoisotopic (exact) mass is 448 g/mol. The molecule has 2 rings (SSSR count). The zero-order chi connectivity index (χ0) is 21.8. The zero-order valence-corrected chi connectivity index (χ0v) is 15.5. The number of nitrogens with zero attached hydrogens (tertiary/aromatic N) is 3. The van der Waals surface area contributed by atoms with E-state index in [0.717, 1.165) is 9.21 Å². The molecule has 1 amide bonds. The number of amides is 1. The molecule has 29 heavy (non-hydrogen) atoms. The number of likely N-dealkylation sites (tertiary alicyclic amines) is 1. The van der Waals surface area contributed by atoms with Crippen LogP contribution in [0.5, 0.6) is 0 Å². The molecule has 0 bridgehead atoms. The van der Waals surface area contributed by atoms with Gasteiger partial charge in [0.15, 0.2) is 0 Å². The molecule has 0 radical (unpaired) electrons. The van der Waals surface area contributed by atoms with Crippen LogP contribution in [0.4, 0.5) is 36.8 Å². The van der Waals surface area contributed by atoms with E-state index < -0.39 is 35.8 Å². The van der Waals surface area contributed by atoms with Gasteiger partial charge in [0, 0.05) is 37.1 Å². The van der Waals surface area contributed by atoms with Crippen LogP contribution in [-0.4, -0.2) is 62.8 Å². The Balaban J connectivity index is 1.94. The van der Waals surface area contributed by atoms with Crippen molar-refractivity contribution in [3.05, 3.63) is 24.5 Å². The maximum Gasteiger partial charge on any atom is 0.434 e. The fraction of sp³-hybridized carbons (Fsp3) is 0.600. The molecular formula is C15H16F6N3O4S-. The molecule has 1 saturated heterocycles. The molecule has 1 aliphatic heterocycles. The molecule has 164 valence electrons. The van der Waals surface area contributed by atoms with Crippen molar-refractivity contribution < 1.29 is 44.6 Å². The number of alkyl halides is 6.